The maximum absolute atomic E-state index is 12.3. The van der Waals surface area contributed by atoms with Gasteiger partial charge in [-0.15, -0.1) is 11.3 Å². The lowest BCUT2D eigenvalue weighted by Gasteiger charge is -2.30. The zero-order chi connectivity index (χ0) is 16.9. The molecule has 3 N–H and O–H groups in total. The molecule has 0 saturated heterocycles. The van der Waals surface area contributed by atoms with Gasteiger partial charge in [0, 0.05) is 29.6 Å². The molecule has 0 atom stereocenters. The SMILES string of the molecule is CN(CC(C)(CO)CO)C(=O)Nc1cccc(-c2cccs2)c1. The van der Waals surface area contributed by atoms with Crippen molar-refractivity contribution in [2.45, 2.75) is 6.92 Å². The van der Waals surface area contributed by atoms with Crippen LogP contribution in [0.15, 0.2) is 41.8 Å². The van der Waals surface area contributed by atoms with Crippen molar-refractivity contribution in [3.05, 3.63) is 41.8 Å². The highest BCUT2D eigenvalue weighted by Crippen LogP contribution is 2.27. The Morgan fingerprint density at radius 2 is 2.00 bits per heavy atom. The predicted octanol–water partition coefficient (Wildman–Crippen LogP) is 2.87. The first-order chi connectivity index (χ1) is 11.0. The molecular formula is C17H22N2O3S. The average Bonchev–Trinajstić information content (AvgIpc) is 3.09. The van der Waals surface area contributed by atoms with E-state index in [2.05, 4.69) is 5.32 Å². The second kappa shape index (κ2) is 7.59. The summed E-state index contributed by atoms with van der Waals surface area (Å²) in [6.45, 7) is 1.62. The fourth-order valence-electron chi connectivity index (χ4n) is 2.21. The lowest BCUT2D eigenvalue weighted by atomic mass is 9.92. The molecule has 0 fully saturated rings. The Balaban J connectivity index is 2.04. The van der Waals surface area contributed by atoms with Gasteiger partial charge in [-0.2, -0.15) is 0 Å². The van der Waals surface area contributed by atoms with E-state index in [0.717, 1.165) is 10.4 Å². The molecule has 0 bridgehead atoms. The maximum atomic E-state index is 12.3. The van der Waals surface area contributed by atoms with E-state index in [9.17, 15) is 15.0 Å². The van der Waals surface area contributed by atoms with Gasteiger partial charge < -0.3 is 20.4 Å². The molecule has 1 heterocycles. The van der Waals surface area contributed by atoms with Crippen molar-refractivity contribution in [1.29, 1.82) is 0 Å². The molecule has 0 spiro atoms. The van der Waals surface area contributed by atoms with E-state index >= 15 is 0 Å². The number of carbonyl (C=O) groups is 1. The smallest absolute Gasteiger partial charge is 0.321 e. The number of rotatable bonds is 6. The van der Waals surface area contributed by atoms with Gasteiger partial charge in [-0.25, -0.2) is 4.79 Å². The van der Waals surface area contributed by atoms with Crippen molar-refractivity contribution in [3.63, 3.8) is 0 Å². The summed E-state index contributed by atoms with van der Waals surface area (Å²) in [5.74, 6) is 0. The number of nitrogens with zero attached hydrogens (tertiary/aromatic N) is 1. The number of aliphatic hydroxyl groups excluding tert-OH is 2. The Morgan fingerprint density at radius 3 is 2.61 bits per heavy atom. The van der Waals surface area contributed by atoms with Gasteiger partial charge in [-0.1, -0.05) is 25.1 Å². The van der Waals surface area contributed by atoms with Gasteiger partial charge in [-0.3, -0.25) is 0 Å². The van der Waals surface area contributed by atoms with Crippen molar-refractivity contribution >= 4 is 23.1 Å². The van der Waals surface area contributed by atoms with E-state index in [1.54, 1.807) is 25.3 Å². The van der Waals surface area contributed by atoms with E-state index < -0.39 is 5.41 Å². The van der Waals surface area contributed by atoms with Crippen LogP contribution < -0.4 is 5.32 Å². The number of urea groups is 1. The summed E-state index contributed by atoms with van der Waals surface area (Å²) in [6.07, 6.45) is 0. The molecule has 2 rings (SSSR count). The molecule has 0 aliphatic carbocycles. The van der Waals surface area contributed by atoms with Gasteiger partial charge >= 0.3 is 6.03 Å². The van der Waals surface area contributed by atoms with Crippen LogP contribution >= 0.6 is 11.3 Å². The largest absolute Gasteiger partial charge is 0.396 e. The molecule has 6 heteroatoms. The molecule has 0 aliphatic rings. The molecular weight excluding hydrogens is 312 g/mol. The summed E-state index contributed by atoms with van der Waals surface area (Å²) in [4.78, 5) is 14.9. The summed E-state index contributed by atoms with van der Waals surface area (Å²) in [5.41, 5.74) is 1.05. The van der Waals surface area contributed by atoms with Crippen LogP contribution in [0.3, 0.4) is 0 Å². The Kier molecular flexibility index (Phi) is 5.76. The van der Waals surface area contributed by atoms with Gasteiger partial charge in [0.05, 0.1) is 13.2 Å². The van der Waals surface area contributed by atoms with Crippen LogP contribution in [-0.4, -0.2) is 48.0 Å². The van der Waals surface area contributed by atoms with E-state index in [1.807, 2.05) is 41.8 Å². The first kappa shape index (κ1) is 17.5. The molecule has 1 aromatic carbocycles. The van der Waals surface area contributed by atoms with Crippen LogP contribution in [0.2, 0.25) is 0 Å². The topological polar surface area (TPSA) is 72.8 Å². The monoisotopic (exact) mass is 334 g/mol. The van der Waals surface area contributed by atoms with Crippen molar-refractivity contribution in [3.8, 4) is 10.4 Å². The van der Waals surface area contributed by atoms with E-state index in [-0.39, 0.29) is 25.8 Å². The molecule has 2 aromatic rings. The predicted molar refractivity (Wildman–Crippen MR) is 93.7 cm³/mol. The van der Waals surface area contributed by atoms with Crippen molar-refractivity contribution in [2.75, 3.05) is 32.1 Å². The highest BCUT2D eigenvalue weighted by atomic mass is 32.1. The van der Waals surface area contributed by atoms with Gasteiger partial charge in [-0.05, 0) is 29.1 Å². The van der Waals surface area contributed by atoms with Gasteiger partial charge in [0.15, 0.2) is 0 Å². The summed E-state index contributed by atoms with van der Waals surface area (Å²) in [5, 5.41) is 23.5. The molecule has 23 heavy (non-hydrogen) atoms. The number of thiophene rings is 1. The number of amides is 2. The molecule has 124 valence electrons. The third-order valence-corrected chi connectivity index (χ3v) is 4.57. The van der Waals surface area contributed by atoms with E-state index in [4.69, 9.17) is 0 Å². The minimum atomic E-state index is -0.717. The van der Waals surface area contributed by atoms with Crippen LogP contribution in [0.25, 0.3) is 10.4 Å². The molecule has 0 saturated carbocycles. The van der Waals surface area contributed by atoms with Crippen LogP contribution in [-0.2, 0) is 0 Å². The first-order valence-electron chi connectivity index (χ1n) is 7.35. The first-order valence-corrected chi connectivity index (χ1v) is 8.23. The second-order valence-corrected chi connectivity index (χ2v) is 6.92. The standard InChI is InChI=1S/C17H22N2O3S/c1-17(11-20,12-21)10-19(2)16(22)18-14-6-3-5-13(9-14)15-7-4-8-23-15/h3-9,20-21H,10-12H2,1-2H3,(H,18,22). The number of benzene rings is 1. The molecule has 0 aliphatic heterocycles. The highest BCUT2D eigenvalue weighted by molar-refractivity contribution is 7.13. The van der Waals surface area contributed by atoms with Crippen molar-refractivity contribution in [1.82, 2.24) is 4.90 Å². The normalized spacial score (nSPS) is 11.3. The molecule has 1 aromatic heterocycles. The Labute approximate surface area is 140 Å². The molecule has 2 amide bonds. The Morgan fingerprint density at radius 1 is 1.26 bits per heavy atom. The number of aliphatic hydroxyl groups is 2. The minimum Gasteiger partial charge on any atom is -0.396 e. The van der Waals surface area contributed by atoms with Gasteiger partial charge in [0.25, 0.3) is 0 Å². The third kappa shape index (κ3) is 4.54. The summed E-state index contributed by atoms with van der Waals surface area (Å²) in [6, 6.07) is 11.4. The Hall–Kier alpha value is -1.89. The number of hydrogen-bond acceptors (Lipinski definition) is 4. The summed E-state index contributed by atoms with van der Waals surface area (Å²) < 4.78 is 0. The van der Waals surface area contributed by atoms with Crippen molar-refractivity contribution < 1.29 is 15.0 Å². The van der Waals surface area contributed by atoms with Gasteiger partial charge in [0.1, 0.15) is 0 Å². The van der Waals surface area contributed by atoms with Crippen LogP contribution in [0, 0.1) is 5.41 Å². The van der Waals surface area contributed by atoms with E-state index in [0.29, 0.717) is 5.69 Å². The Bertz CT molecular complexity index is 639. The maximum Gasteiger partial charge on any atom is 0.321 e. The van der Waals surface area contributed by atoms with Crippen molar-refractivity contribution in [2.24, 2.45) is 5.41 Å². The number of anilines is 1. The van der Waals surface area contributed by atoms with Gasteiger partial charge in [0.2, 0.25) is 0 Å². The molecule has 0 radical (unpaired) electrons. The fourth-order valence-corrected chi connectivity index (χ4v) is 2.93. The molecule has 5 nitrogen and oxygen atoms in total. The lowest BCUT2D eigenvalue weighted by molar-refractivity contribution is 0.0509. The van der Waals surface area contributed by atoms with Crippen LogP contribution in [0.5, 0.6) is 0 Å². The number of nitrogens with one attached hydrogen (secondary N) is 1. The van der Waals surface area contributed by atoms with Crippen LogP contribution in [0.1, 0.15) is 6.92 Å². The average molecular weight is 334 g/mol. The number of carbonyl (C=O) groups excluding carboxylic acids is 1. The number of hydrogen-bond donors (Lipinski definition) is 3. The fraction of sp³-hybridized carbons (Fsp3) is 0.353. The third-order valence-electron chi connectivity index (χ3n) is 3.65. The quantitative estimate of drug-likeness (QED) is 0.760. The summed E-state index contributed by atoms with van der Waals surface area (Å²) in [7, 11) is 1.64. The highest BCUT2D eigenvalue weighted by Gasteiger charge is 2.26. The van der Waals surface area contributed by atoms with E-state index in [1.165, 1.54) is 4.90 Å². The molecule has 0 unspecified atom stereocenters. The summed E-state index contributed by atoms with van der Waals surface area (Å²) >= 11 is 1.65. The van der Waals surface area contributed by atoms with Crippen LogP contribution in [0.4, 0.5) is 10.5 Å². The minimum absolute atomic E-state index is 0.186. The lowest BCUT2D eigenvalue weighted by Crippen LogP contribution is -2.43. The second-order valence-electron chi connectivity index (χ2n) is 5.97. The zero-order valence-corrected chi connectivity index (χ0v) is 14.1. The zero-order valence-electron chi connectivity index (χ0n) is 13.3.